The minimum atomic E-state index is -2.71. The summed E-state index contributed by atoms with van der Waals surface area (Å²) in [5.74, 6) is -0.568. The maximum absolute atomic E-state index is 12.5. The molecule has 0 radical (unpaired) electrons. The number of methoxy groups -OCH3 is 1. The van der Waals surface area contributed by atoms with Crippen molar-refractivity contribution in [2.45, 2.75) is 12.8 Å². The van der Waals surface area contributed by atoms with Crippen LogP contribution in [0.1, 0.15) is 17.7 Å². The van der Waals surface area contributed by atoms with Crippen molar-refractivity contribution < 1.29 is 18.3 Å². The van der Waals surface area contributed by atoms with E-state index in [9.17, 15) is 13.6 Å². The first-order chi connectivity index (χ1) is 7.04. The number of ether oxygens (including phenoxy) is 1. The Morgan fingerprint density at radius 2 is 2.27 bits per heavy atom. The molecule has 0 aliphatic carbocycles. The minimum absolute atomic E-state index is 0.181. The summed E-state index contributed by atoms with van der Waals surface area (Å²) in [5.41, 5.74) is -0.213. The Labute approximate surface area is 93.6 Å². The Kier molecular flexibility index (Phi) is 4.14. The molecule has 0 aliphatic rings. The molecule has 0 saturated heterocycles. The smallest absolute Gasteiger partial charge is 0.310 e. The fraction of sp³-hybridized carbons (Fsp3) is 0.333. The highest BCUT2D eigenvalue weighted by atomic mass is 79.9. The van der Waals surface area contributed by atoms with E-state index < -0.39 is 18.1 Å². The molecule has 1 rings (SSSR count). The molecule has 0 bridgehead atoms. The van der Waals surface area contributed by atoms with Gasteiger partial charge in [-0.1, -0.05) is 6.07 Å². The van der Waals surface area contributed by atoms with Gasteiger partial charge >= 0.3 is 5.97 Å². The third-order valence-corrected chi connectivity index (χ3v) is 2.19. The molecular weight excluding hydrogens is 272 g/mol. The number of rotatable bonds is 3. The van der Waals surface area contributed by atoms with Gasteiger partial charge in [0.25, 0.3) is 6.43 Å². The number of esters is 1. The summed E-state index contributed by atoms with van der Waals surface area (Å²) in [6, 6.07) is 2.93. The zero-order chi connectivity index (χ0) is 11.4. The highest BCUT2D eigenvalue weighted by molar-refractivity contribution is 9.10. The summed E-state index contributed by atoms with van der Waals surface area (Å²) in [4.78, 5) is 14.6. The quantitative estimate of drug-likeness (QED) is 0.630. The monoisotopic (exact) mass is 279 g/mol. The molecule has 0 aromatic carbocycles. The Morgan fingerprint density at radius 1 is 1.60 bits per heavy atom. The second kappa shape index (κ2) is 5.16. The van der Waals surface area contributed by atoms with Crippen LogP contribution < -0.4 is 0 Å². The molecule has 0 N–H and O–H groups in total. The third kappa shape index (κ3) is 3.23. The zero-order valence-electron chi connectivity index (χ0n) is 7.84. The number of carbonyl (C=O) groups excluding carboxylic acids is 1. The topological polar surface area (TPSA) is 39.2 Å². The van der Waals surface area contributed by atoms with Gasteiger partial charge in [-0.05, 0) is 27.6 Å². The lowest BCUT2D eigenvalue weighted by Crippen LogP contribution is -2.08. The first-order valence-electron chi connectivity index (χ1n) is 4.05. The van der Waals surface area contributed by atoms with Gasteiger partial charge in [-0.25, -0.2) is 13.8 Å². The van der Waals surface area contributed by atoms with Crippen LogP contribution in [0.15, 0.2) is 16.7 Å². The van der Waals surface area contributed by atoms with E-state index in [0.29, 0.717) is 4.60 Å². The van der Waals surface area contributed by atoms with Gasteiger partial charge in [0.15, 0.2) is 0 Å². The summed E-state index contributed by atoms with van der Waals surface area (Å²) >= 11 is 2.99. The van der Waals surface area contributed by atoms with Gasteiger partial charge in [-0.2, -0.15) is 0 Å². The van der Waals surface area contributed by atoms with Crippen LogP contribution in [0.4, 0.5) is 8.78 Å². The highest BCUT2D eigenvalue weighted by Gasteiger charge is 2.17. The number of halogens is 3. The zero-order valence-corrected chi connectivity index (χ0v) is 9.42. The highest BCUT2D eigenvalue weighted by Crippen LogP contribution is 2.23. The number of pyridine rings is 1. The van der Waals surface area contributed by atoms with Crippen molar-refractivity contribution in [3.63, 3.8) is 0 Å². The molecule has 0 spiro atoms. The molecule has 0 unspecified atom stereocenters. The third-order valence-electron chi connectivity index (χ3n) is 1.75. The van der Waals surface area contributed by atoms with Crippen LogP contribution in [0, 0.1) is 0 Å². The van der Waals surface area contributed by atoms with E-state index in [0.717, 1.165) is 0 Å². The molecule has 0 atom stereocenters. The molecule has 82 valence electrons. The number of carbonyl (C=O) groups is 1. The lowest BCUT2D eigenvalue weighted by Gasteiger charge is -2.06. The van der Waals surface area contributed by atoms with Gasteiger partial charge < -0.3 is 4.74 Å². The summed E-state index contributed by atoms with van der Waals surface area (Å²) in [7, 11) is 1.21. The van der Waals surface area contributed by atoms with Gasteiger partial charge in [-0.3, -0.25) is 4.79 Å². The van der Waals surface area contributed by atoms with Crippen molar-refractivity contribution in [3.05, 3.63) is 28.0 Å². The van der Waals surface area contributed by atoms with Crippen molar-refractivity contribution in [2.24, 2.45) is 0 Å². The average molecular weight is 280 g/mol. The number of alkyl halides is 2. The number of hydrogen-bond donors (Lipinski definition) is 0. The van der Waals surface area contributed by atoms with Crippen LogP contribution in [-0.4, -0.2) is 18.1 Å². The Balaban J connectivity index is 3.00. The van der Waals surface area contributed by atoms with E-state index in [1.165, 1.54) is 19.2 Å². The van der Waals surface area contributed by atoms with Crippen molar-refractivity contribution in [3.8, 4) is 0 Å². The normalized spacial score (nSPS) is 10.5. The van der Waals surface area contributed by atoms with Gasteiger partial charge in [0, 0.05) is 0 Å². The molecule has 15 heavy (non-hydrogen) atoms. The Hall–Kier alpha value is -1.04. The molecule has 3 nitrogen and oxygen atoms in total. The van der Waals surface area contributed by atoms with Crippen LogP contribution in [0.25, 0.3) is 0 Å². The van der Waals surface area contributed by atoms with Crippen LogP contribution in [0.3, 0.4) is 0 Å². The van der Waals surface area contributed by atoms with Crippen LogP contribution in [0.5, 0.6) is 0 Å². The van der Waals surface area contributed by atoms with Crippen molar-refractivity contribution >= 4 is 21.9 Å². The van der Waals surface area contributed by atoms with Crippen LogP contribution >= 0.6 is 15.9 Å². The maximum atomic E-state index is 12.5. The molecule has 6 heteroatoms. The van der Waals surface area contributed by atoms with Crippen LogP contribution in [-0.2, 0) is 16.0 Å². The molecule has 1 aromatic rings. The SMILES string of the molecule is COC(=O)Cc1ccc(Br)nc1C(F)F. The Bertz CT molecular complexity index is 371. The summed E-state index contributed by atoms with van der Waals surface area (Å²) < 4.78 is 29.8. The summed E-state index contributed by atoms with van der Waals surface area (Å²) in [6.07, 6.45) is -2.90. The van der Waals surface area contributed by atoms with Gasteiger partial charge in [-0.15, -0.1) is 0 Å². The predicted molar refractivity (Wildman–Crippen MR) is 52.6 cm³/mol. The molecular formula is C9H8BrF2NO2. The molecule has 1 aromatic heterocycles. The van der Waals surface area contributed by atoms with Gasteiger partial charge in [0.2, 0.25) is 0 Å². The van der Waals surface area contributed by atoms with E-state index in [1.54, 1.807) is 0 Å². The second-order valence-electron chi connectivity index (χ2n) is 2.73. The lowest BCUT2D eigenvalue weighted by molar-refractivity contribution is -0.139. The van der Waals surface area contributed by atoms with E-state index in [1.807, 2.05) is 0 Å². The number of nitrogens with zero attached hydrogens (tertiary/aromatic N) is 1. The van der Waals surface area contributed by atoms with Gasteiger partial charge in [0.1, 0.15) is 10.3 Å². The summed E-state index contributed by atoms with van der Waals surface area (Å²) in [6.45, 7) is 0. The molecule has 1 heterocycles. The average Bonchev–Trinajstić information content (AvgIpc) is 2.20. The molecule has 0 amide bonds. The summed E-state index contributed by atoms with van der Waals surface area (Å²) in [5, 5.41) is 0. The van der Waals surface area contributed by atoms with E-state index >= 15 is 0 Å². The Morgan fingerprint density at radius 3 is 2.80 bits per heavy atom. The van der Waals surface area contributed by atoms with E-state index in [2.05, 4.69) is 25.7 Å². The second-order valence-corrected chi connectivity index (χ2v) is 3.54. The first kappa shape index (κ1) is 12.0. The number of hydrogen-bond acceptors (Lipinski definition) is 3. The van der Waals surface area contributed by atoms with Gasteiger partial charge in [0.05, 0.1) is 13.5 Å². The predicted octanol–water partition coefficient (Wildman–Crippen LogP) is 2.50. The van der Waals surface area contributed by atoms with E-state index in [-0.39, 0.29) is 12.0 Å². The molecule has 0 aliphatic heterocycles. The van der Waals surface area contributed by atoms with E-state index in [4.69, 9.17) is 0 Å². The first-order valence-corrected chi connectivity index (χ1v) is 4.84. The fourth-order valence-corrected chi connectivity index (χ4v) is 1.37. The van der Waals surface area contributed by atoms with Crippen molar-refractivity contribution in [2.75, 3.05) is 7.11 Å². The maximum Gasteiger partial charge on any atom is 0.310 e. The largest absolute Gasteiger partial charge is 0.469 e. The van der Waals surface area contributed by atoms with Crippen LogP contribution in [0.2, 0.25) is 0 Å². The minimum Gasteiger partial charge on any atom is -0.469 e. The van der Waals surface area contributed by atoms with Crippen molar-refractivity contribution in [1.82, 2.24) is 4.98 Å². The standard InChI is InChI=1S/C9H8BrF2NO2/c1-15-7(14)4-5-2-3-6(10)13-8(5)9(11)12/h2-3,9H,4H2,1H3. The lowest BCUT2D eigenvalue weighted by atomic mass is 10.1. The van der Waals surface area contributed by atoms with Crippen molar-refractivity contribution in [1.29, 1.82) is 0 Å². The molecule has 0 fully saturated rings. The fourth-order valence-electron chi connectivity index (χ4n) is 1.04. The molecule has 0 saturated carbocycles. The number of aromatic nitrogens is 1.